The van der Waals surface area contributed by atoms with E-state index in [-0.39, 0.29) is 96.9 Å². The maximum Gasteiger partial charge on any atom is 0.433 e. The van der Waals surface area contributed by atoms with E-state index in [2.05, 4.69) is 34.9 Å². The average Bonchev–Trinajstić information content (AvgIpc) is 0.816. The van der Waals surface area contributed by atoms with Crippen molar-refractivity contribution in [1.29, 1.82) is 5.26 Å². The Labute approximate surface area is 728 Å². The Hall–Kier alpha value is -12.8. The standard InChI is InChI=1S/C20H18F3N3O.C19H18F4N2O.C18H17F4N3O.C18H17F3N2O2.C17H15F4N3O/c1-13-10-17(20(21,22)23)25-19(16(13)11-24)15-7-5-14(6-8-15)12-26-9-3-2-4-18(26)27;20-11-15-8-9-16(19(21,22)23)24-18(15)14-6-4-13(5-7-14)12-25-10-2-1-3-17(25)26;1-11-7-15(18(20,21)22)24-17(14(11)8-19)12-4-5-13(23-9-12)10-25-6-2-3-16(25)26;19-18(20,21)16-9-13(11-24)8-15(22-16)14-5-3-12(4-6-14)10-23-7-1-2-17(23)25;18-8-11-4-6-14(17(19,20)21)23-16(11)12-3-5-13(22-9-12)10-24-7-1-2-15(24)25/h5-8,10H,2-4,9,12H2,1H3;4-9H,1-3,10-12H2;4-5,7,9H,2-3,6,8,10H2,1H3;3-6,8-9,24H,1-2,7,10-11H2;3-6,9H,1-2,7-8,10H2. The number of carbonyl (C=O) groups excluding carboxylic acids is 5. The minimum absolute atomic E-state index is 0.0112. The van der Waals surface area contributed by atoms with E-state index in [9.17, 15) is 113 Å². The molecule has 129 heavy (non-hydrogen) atoms. The molecule has 5 saturated heterocycles. The van der Waals surface area contributed by atoms with Gasteiger partial charge in [-0.1, -0.05) is 84.9 Å². The molecule has 37 heteroatoms. The highest BCUT2D eigenvalue weighted by Crippen LogP contribution is 2.39. The molecule has 15 rings (SSSR count). The minimum Gasteiger partial charge on any atom is -0.392 e. The predicted octanol–water partition coefficient (Wildman–Crippen LogP) is 20.4. The zero-order chi connectivity index (χ0) is 93.3. The molecule has 5 aliphatic heterocycles. The topological polar surface area (TPSA) is 236 Å². The van der Waals surface area contributed by atoms with Gasteiger partial charge < -0.3 is 29.6 Å². The number of aryl methyl sites for hydroxylation is 2. The molecule has 1 N–H and O–H groups in total. The van der Waals surface area contributed by atoms with Gasteiger partial charge in [0.25, 0.3) is 0 Å². The van der Waals surface area contributed by atoms with Crippen LogP contribution in [0.4, 0.5) is 79.0 Å². The molecule has 0 atom stereocenters. The van der Waals surface area contributed by atoms with Gasteiger partial charge in [-0.3, -0.25) is 33.9 Å². The Balaban J connectivity index is 0.000000156. The fraction of sp³-hybridized carbons (Fsp3) is 0.359. The van der Waals surface area contributed by atoms with Gasteiger partial charge in [0.2, 0.25) is 29.5 Å². The lowest BCUT2D eigenvalue weighted by atomic mass is 10.00. The lowest BCUT2D eigenvalue weighted by Gasteiger charge is -2.26. The van der Waals surface area contributed by atoms with Gasteiger partial charge in [0.15, 0.2) is 0 Å². The summed E-state index contributed by atoms with van der Waals surface area (Å²) in [5.74, 6) is 0.471. The molecule has 0 spiro atoms. The molecule has 5 aliphatic rings. The summed E-state index contributed by atoms with van der Waals surface area (Å²) in [4.78, 5) is 93.9. The lowest BCUT2D eigenvalue weighted by Crippen LogP contribution is -2.34. The molecule has 10 aromatic rings. The third-order valence-electron chi connectivity index (χ3n) is 21.7. The summed E-state index contributed by atoms with van der Waals surface area (Å²) in [6, 6.07) is 36.5. The molecule has 5 fully saturated rings. The van der Waals surface area contributed by atoms with Gasteiger partial charge in [0.1, 0.15) is 54.6 Å². The quantitative estimate of drug-likeness (QED) is 0.0742. The summed E-state index contributed by atoms with van der Waals surface area (Å²) in [6.45, 7) is 5.29. The van der Waals surface area contributed by atoms with Crippen molar-refractivity contribution in [3.63, 3.8) is 0 Å². The van der Waals surface area contributed by atoms with Crippen molar-refractivity contribution in [2.75, 3.05) is 32.7 Å². The summed E-state index contributed by atoms with van der Waals surface area (Å²) < 4.78 is 234. The van der Waals surface area contributed by atoms with Crippen LogP contribution in [0.3, 0.4) is 0 Å². The number of alkyl halides is 18. The van der Waals surface area contributed by atoms with Crippen LogP contribution >= 0.6 is 0 Å². The van der Waals surface area contributed by atoms with Crippen molar-refractivity contribution in [2.45, 2.75) is 181 Å². The molecule has 0 saturated carbocycles. The van der Waals surface area contributed by atoms with Crippen LogP contribution in [0.25, 0.3) is 56.3 Å². The highest BCUT2D eigenvalue weighted by Gasteiger charge is 2.39. The first-order valence-corrected chi connectivity index (χ1v) is 40.9. The molecule has 0 aliphatic carbocycles. The summed E-state index contributed by atoms with van der Waals surface area (Å²) in [7, 11) is 0. The number of rotatable bonds is 19. The van der Waals surface area contributed by atoms with Crippen molar-refractivity contribution in [1.82, 2.24) is 59.4 Å². The van der Waals surface area contributed by atoms with E-state index < -0.39 is 86.0 Å². The van der Waals surface area contributed by atoms with E-state index in [1.165, 1.54) is 32.3 Å². The monoisotopic (exact) mass is 1810 g/mol. The summed E-state index contributed by atoms with van der Waals surface area (Å²) in [6.07, 6.45) is -11.3. The Morgan fingerprint density at radius 2 is 0.674 bits per heavy atom. The first kappa shape index (κ1) is 96.9. The van der Waals surface area contributed by atoms with Gasteiger partial charge in [-0.2, -0.15) is 71.1 Å². The van der Waals surface area contributed by atoms with Crippen LogP contribution in [0.1, 0.15) is 173 Å². The number of piperidine rings is 2. The number of pyridine rings is 7. The Kier molecular flexibility index (Phi) is 31.9. The van der Waals surface area contributed by atoms with Crippen molar-refractivity contribution >= 4 is 29.5 Å². The Morgan fingerprint density at radius 3 is 1.03 bits per heavy atom. The number of likely N-dealkylation sites (tertiary alicyclic amines) is 5. The van der Waals surface area contributed by atoms with Crippen LogP contribution in [0.15, 0.2) is 158 Å². The highest BCUT2D eigenvalue weighted by atomic mass is 19.4. The van der Waals surface area contributed by atoms with Gasteiger partial charge in [0, 0.05) is 141 Å². The second-order valence-electron chi connectivity index (χ2n) is 31.0. The number of aliphatic hydroxyl groups is 1. The predicted molar refractivity (Wildman–Crippen MR) is 436 cm³/mol. The maximum absolute atomic E-state index is 13.4. The van der Waals surface area contributed by atoms with E-state index in [1.54, 1.807) is 122 Å². The molecule has 5 amide bonds. The second kappa shape index (κ2) is 42.5. The number of benzene rings is 3. The van der Waals surface area contributed by atoms with E-state index in [4.69, 9.17) is 0 Å². The van der Waals surface area contributed by atoms with Gasteiger partial charge in [0.05, 0.1) is 65.1 Å². The molecule has 0 radical (unpaired) electrons. The maximum atomic E-state index is 13.4. The molecule has 19 nitrogen and oxygen atoms in total. The largest absolute Gasteiger partial charge is 0.433 e. The van der Waals surface area contributed by atoms with Crippen molar-refractivity contribution in [3.05, 3.63) is 253 Å². The number of aliphatic hydroxyl groups excluding tert-OH is 1. The number of nitriles is 1. The van der Waals surface area contributed by atoms with Crippen LogP contribution in [-0.4, -0.2) is 127 Å². The zero-order valence-electron chi connectivity index (χ0n) is 69.5. The van der Waals surface area contributed by atoms with E-state index in [1.807, 2.05) is 6.07 Å². The van der Waals surface area contributed by atoms with Crippen LogP contribution in [0.5, 0.6) is 0 Å². The van der Waals surface area contributed by atoms with Crippen molar-refractivity contribution < 1.29 is 108 Å². The number of hydrogen-bond donors (Lipinski definition) is 1. The van der Waals surface area contributed by atoms with E-state index in [0.29, 0.717) is 130 Å². The smallest absolute Gasteiger partial charge is 0.392 e. The lowest BCUT2D eigenvalue weighted by molar-refractivity contribution is -0.141. The Morgan fingerprint density at radius 1 is 0.341 bits per heavy atom. The fourth-order valence-corrected chi connectivity index (χ4v) is 14.8. The van der Waals surface area contributed by atoms with E-state index in [0.717, 1.165) is 111 Å². The first-order valence-electron chi connectivity index (χ1n) is 40.9. The third-order valence-corrected chi connectivity index (χ3v) is 21.7. The molecule has 12 heterocycles. The molecular formula is C92H85F18N13O6. The molecule has 0 unspecified atom stereocenters. The number of nitrogens with zero attached hydrogens (tertiary/aromatic N) is 13. The summed E-state index contributed by atoms with van der Waals surface area (Å²) >= 11 is 0. The summed E-state index contributed by atoms with van der Waals surface area (Å²) in [5, 5.41) is 18.5. The fourth-order valence-electron chi connectivity index (χ4n) is 14.8. The van der Waals surface area contributed by atoms with Crippen molar-refractivity contribution in [3.8, 4) is 62.4 Å². The zero-order valence-corrected chi connectivity index (χ0v) is 69.5. The molecule has 3 aromatic carbocycles. The normalized spacial score (nSPS) is 15.1. The first-order chi connectivity index (χ1) is 61.2. The van der Waals surface area contributed by atoms with E-state index >= 15 is 0 Å². The van der Waals surface area contributed by atoms with Gasteiger partial charge in [-0.15, -0.1) is 0 Å². The molecule has 7 aromatic heterocycles. The SMILES string of the molecule is Cc1cc(C(F)(F)F)nc(-c2ccc(CN3CCCC3=O)nc2)c1CF.Cc1cc(C(F)(F)F)nc(-c2ccc(CN3CCCCC3=O)cc2)c1C#N.O=C1CCCCN1Cc1ccc(-c2nc(C(F)(F)F)ccc2CF)cc1.O=C1CCCN1Cc1ccc(-c2cc(CO)cc(C(F)(F)F)n2)cc1.O=C1CCCN1Cc1ccc(-c2nc(C(F)(F)F)ccc2CF)cn1. The second-order valence-corrected chi connectivity index (χ2v) is 31.0. The average molecular weight is 1810 g/mol. The van der Waals surface area contributed by atoms with Crippen molar-refractivity contribution in [2.24, 2.45) is 0 Å². The highest BCUT2D eigenvalue weighted by molar-refractivity contribution is 5.80. The number of halogens is 18. The van der Waals surface area contributed by atoms with Crippen LogP contribution in [-0.2, 0) is 114 Å². The van der Waals surface area contributed by atoms with Gasteiger partial charge >= 0.3 is 30.9 Å². The van der Waals surface area contributed by atoms with Crippen LogP contribution in [0, 0.1) is 25.2 Å². The van der Waals surface area contributed by atoms with Gasteiger partial charge in [-0.25, -0.2) is 38.1 Å². The molecule has 680 valence electrons. The number of carbonyl (C=O) groups is 5. The van der Waals surface area contributed by atoms with Crippen LogP contribution in [0.2, 0.25) is 0 Å². The molecular weight excluding hydrogens is 1730 g/mol. The van der Waals surface area contributed by atoms with Crippen LogP contribution < -0.4 is 0 Å². The number of hydrogen-bond acceptors (Lipinski definition) is 14. The summed E-state index contributed by atoms with van der Waals surface area (Å²) in [5.41, 5.74) is 1.69. The number of amides is 5. The number of aromatic nitrogens is 7. The minimum atomic E-state index is -4.61. The Bertz CT molecular complexity index is 5660. The van der Waals surface area contributed by atoms with Gasteiger partial charge in [-0.05, 0) is 153 Å². The third kappa shape index (κ3) is 25.8. The molecule has 0 bridgehead atoms.